The highest BCUT2D eigenvalue weighted by Crippen LogP contribution is 2.38. The van der Waals surface area contributed by atoms with Gasteiger partial charge in [-0.05, 0) is 6.92 Å². The van der Waals surface area contributed by atoms with Crippen LogP contribution in [-0.4, -0.2) is 40.8 Å². The van der Waals surface area contributed by atoms with Crippen LogP contribution in [0.2, 0.25) is 0 Å². The van der Waals surface area contributed by atoms with Gasteiger partial charge in [-0.3, -0.25) is 9.48 Å². The normalized spacial score (nSPS) is 22.8. The smallest absolute Gasteiger partial charge is 0.224 e. The Bertz CT molecular complexity index is 517. The average Bonchev–Trinajstić information content (AvgIpc) is 2.88. The quantitative estimate of drug-likeness (QED) is 0.804. The third-order valence-corrected chi connectivity index (χ3v) is 3.73. The van der Waals surface area contributed by atoms with E-state index >= 15 is 0 Å². The van der Waals surface area contributed by atoms with Gasteiger partial charge in [0.15, 0.2) is 0 Å². The van der Waals surface area contributed by atoms with Crippen molar-refractivity contribution in [3.63, 3.8) is 0 Å². The summed E-state index contributed by atoms with van der Waals surface area (Å²) in [6.45, 7) is 2.93. The molecule has 1 fully saturated rings. The van der Waals surface area contributed by atoms with E-state index in [0.29, 0.717) is 13.2 Å². The number of hydrogen-bond acceptors (Lipinski definition) is 4. The summed E-state index contributed by atoms with van der Waals surface area (Å²) in [4.78, 5) is 13.8. The Labute approximate surface area is 112 Å². The van der Waals surface area contributed by atoms with Crippen LogP contribution in [0.4, 0.5) is 0 Å². The third-order valence-electron chi connectivity index (χ3n) is 3.73. The maximum Gasteiger partial charge on any atom is 0.224 e. The first-order chi connectivity index (χ1) is 9.10. The highest BCUT2D eigenvalue weighted by atomic mass is 16.5. The lowest BCUT2D eigenvalue weighted by molar-refractivity contribution is -0.129. The molecule has 1 aliphatic rings. The van der Waals surface area contributed by atoms with Gasteiger partial charge in [0.05, 0.1) is 30.8 Å². The summed E-state index contributed by atoms with van der Waals surface area (Å²) >= 11 is 0. The lowest BCUT2D eigenvalue weighted by atomic mass is 9.95. The van der Waals surface area contributed by atoms with Gasteiger partial charge in [-0.2, -0.15) is 10.4 Å². The van der Waals surface area contributed by atoms with Crippen molar-refractivity contribution in [2.24, 2.45) is 13.0 Å². The number of rotatable bonds is 4. The van der Waals surface area contributed by atoms with Crippen molar-refractivity contribution in [1.29, 1.82) is 5.26 Å². The fourth-order valence-electron chi connectivity index (χ4n) is 2.55. The summed E-state index contributed by atoms with van der Waals surface area (Å²) in [5.41, 5.74) is 1.94. The Morgan fingerprint density at radius 1 is 1.63 bits per heavy atom. The van der Waals surface area contributed by atoms with E-state index < -0.39 is 0 Å². The zero-order valence-electron chi connectivity index (χ0n) is 11.5. The largest absolute Gasteiger partial charge is 0.383 e. The fraction of sp³-hybridized carbons (Fsp3) is 0.615. The minimum absolute atomic E-state index is 0.0110. The number of amides is 1. The van der Waals surface area contributed by atoms with Crippen molar-refractivity contribution in [2.75, 3.05) is 20.3 Å². The molecule has 6 heteroatoms. The minimum Gasteiger partial charge on any atom is -0.383 e. The van der Waals surface area contributed by atoms with Crippen molar-refractivity contribution in [1.82, 2.24) is 14.7 Å². The van der Waals surface area contributed by atoms with Gasteiger partial charge in [0.2, 0.25) is 5.91 Å². The lowest BCUT2D eigenvalue weighted by Crippen LogP contribution is -2.32. The Morgan fingerprint density at radius 2 is 2.37 bits per heavy atom. The van der Waals surface area contributed by atoms with Gasteiger partial charge in [0.1, 0.15) is 0 Å². The second-order valence-corrected chi connectivity index (χ2v) is 4.77. The van der Waals surface area contributed by atoms with Crippen LogP contribution in [0.3, 0.4) is 0 Å². The molecule has 0 aliphatic carbocycles. The van der Waals surface area contributed by atoms with Gasteiger partial charge in [-0.15, -0.1) is 0 Å². The van der Waals surface area contributed by atoms with Crippen molar-refractivity contribution in [3.05, 3.63) is 17.5 Å². The van der Waals surface area contributed by atoms with Crippen LogP contribution in [0.15, 0.2) is 6.20 Å². The van der Waals surface area contributed by atoms with Crippen LogP contribution in [-0.2, 0) is 16.6 Å². The van der Waals surface area contributed by atoms with E-state index in [1.54, 1.807) is 22.9 Å². The van der Waals surface area contributed by atoms with Gasteiger partial charge in [-0.1, -0.05) is 0 Å². The third kappa shape index (κ3) is 2.34. The first-order valence-corrected chi connectivity index (χ1v) is 6.26. The van der Waals surface area contributed by atoms with Gasteiger partial charge in [-0.25, -0.2) is 0 Å². The number of nitrogens with zero attached hydrogens (tertiary/aromatic N) is 4. The van der Waals surface area contributed by atoms with E-state index in [0.717, 1.165) is 11.3 Å². The molecule has 0 N–H and O–H groups in total. The van der Waals surface area contributed by atoms with Gasteiger partial charge in [0, 0.05) is 38.4 Å². The van der Waals surface area contributed by atoms with E-state index in [9.17, 15) is 10.1 Å². The predicted molar refractivity (Wildman–Crippen MR) is 68.0 cm³/mol. The number of likely N-dealkylation sites (tertiary alicyclic amines) is 1. The van der Waals surface area contributed by atoms with Crippen LogP contribution in [0, 0.1) is 24.2 Å². The zero-order chi connectivity index (χ0) is 14.0. The molecule has 0 aromatic carbocycles. The number of aromatic nitrogens is 2. The van der Waals surface area contributed by atoms with E-state index in [1.807, 2.05) is 14.0 Å². The molecule has 2 heterocycles. The Morgan fingerprint density at radius 3 is 2.89 bits per heavy atom. The molecular weight excluding hydrogens is 244 g/mol. The number of carbonyl (C=O) groups is 1. The van der Waals surface area contributed by atoms with Crippen molar-refractivity contribution in [3.8, 4) is 6.07 Å². The van der Waals surface area contributed by atoms with Crippen molar-refractivity contribution < 1.29 is 9.53 Å². The summed E-state index contributed by atoms with van der Waals surface area (Å²) < 4.78 is 6.81. The molecule has 1 aliphatic heterocycles. The molecule has 102 valence electrons. The average molecular weight is 262 g/mol. The second-order valence-electron chi connectivity index (χ2n) is 4.77. The number of methoxy groups -OCH3 is 1. The summed E-state index contributed by atoms with van der Waals surface area (Å²) in [5, 5.41) is 13.5. The number of aryl methyl sites for hydroxylation is 1. The summed E-state index contributed by atoms with van der Waals surface area (Å²) in [7, 11) is 3.46. The zero-order valence-corrected chi connectivity index (χ0v) is 11.5. The van der Waals surface area contributed by atoms with Gasteiger partial charge < -0.3 is 9.64 Å². The summed E-state index contributed by atoms with van der Waals surface area (Å²) in [6, 6.07) is 2.04. The van der Waals surface area contributed by atoms with E-state index in [1.165, 1.54) is 0 Å². The molecule has 6 nitrogen and oxygen atoms in total. The monoisotopic (exact) mass is 262 g/mol. The maximum absolute atomic E-state index is 12.0. The van der Waals surface area contributed by atoms with Gasteiger partial charge in [0.25, 0.3) is 0 Å². The van der Waals surface area contributed by atoms with E-state index in [-0.39, 0.29) is 24.3 Å². The highest BCUT2D eigenvalue weighted by molar-refractivity contribution is 5.80. The molecule has 1 aromatic heterocycles. The molecule has 2 rings (SSSR count). The van der Waals surface area contributed by atoms with Crippen LogP contribution in [0.25, 0.3) is 0 Å². The molecule has 19 heavy (non-hydrogen) atoms. The molecule has 0 saturated carbocycles. The Balaban J connectivity index is 2.34. The van der Waals surface area contributed by atoms with E-state index in [4.69, 9.17) is 4.74 Å². The topological polar surface area (TPSA) is 71.2 Å². The lowest BCUT2D eigenvalue weighted by Gasteiger charge is -2.25. The standard InChI is InChI=1S/C13H18N4O2/c1-9-11(8-15-16(9)2)13-10(7-14)6-12(18)17(13)4-5-19-3/h8,10,13H,4-6H2,1-3H3/t10-,13+/m1/s1. The first kappa shape index (κ1) is 13.6. The highest BCUT2D eigenvalue weighted by Gasteiger charge is 2.41. The van der Waals surface area contributed by atoms with Crippen molar-refractivity contribution >= 4 is 5.91 Å². The summed E-state index contributed by atoms with van der Waals surface area (Å²) in [5.74, 6) is -0.302. The predicted octanol–water partition coefficient (Wildman–Crippen LogP) is 0.788. The molecule has 2 atom stereocenters. The molecule has 1 saturated heterocycles. The number of hydrogen-bond donors (Lipinski definition) is 0. The number of carbonyl (C=O) groups excluding carboxylic acids is 1. The fourth-order valence-corrected chi connectivity index (χ4v) is 2.55. The Kier molecular flexibility index (Phi) is 3.86. The van der Waals surface area contributed by atoms with Crippen molar-refractivity contribution in [2.45, 2.75) is 19.4 Å². The van der Waals surface area contributed by atoms with Gasteiger partial charge >= 0.3 is 0 Å². The minimum atomic E-state index is -0.313. The molecule has 1 amide bonds. The van der Waals surface area contributed by atoms with Crippen LogP contribution >= 0.6 is 0 Å². The summed E-state index contributed by atoms with van der Waals surface area (Å²) in [6.07, 6.45) is 2.03. The Hall–Kier alpha value is -1.87. The SMILES string of the molecule is COCCN1C(=O)C[C@H](C#N)[C@H]1c1cnn(C)c1C. The molecule has 0 bridgehead atoms. The molecule has 1 aromatic rings. The van der Waals surface area contributed by atoms with Crippen LogP contribution in [0.5, 0.6) is 0 Å². The number of nitriles is 1. The first-order valence-electron chi connectivity index (χ1n) is 6.26. The molecular formula is C13H18N4O2. The second kappa shape index (κ2) is 5.41. The molecule has 0 unspecified atom stereocenters. The van der Waals surface area contributed by atoms with Crippen LogP contribution in [0.1, 0.15) is 23.7 Å². The number of ether oxygens (including phenoxy) is 1. The maximum atomic E-state index is 12.0. The van der Waals surface area contributed by atoms with E-state index in [2.05, 4.69) is 11.2 Å². The molecule has 0 radical (unpaired) electrons. The van der Waals surface area contributed by atoms with Crippen LogP contribution < -0.4 is 0 Å². The molecule has 0 spiro atoms.